The Labute approximate surface area is 87.9 Å². The molecule has 0 fully saturated rings. The van der Waals surface area contributed by atoms with Gasteiger partial charge in [0.25, 0.3) is 0 Å². The van der Waals surface area contributed by atoms with Crippen molar-refractivity contribution in [2.45, 2.75) is 6.92 Å². The van der Waals surface area contributed by atoms with E-state index in [2.05, 4.69) is 15.6 Å². The van der Waals surface area contributed by atoms with Gasteiger partial charge in [-0.25, -0.2) is 13.8 Å². The summed E-state index contributed by atoms with van der Waals surface area (Å²) in [4.78, 5) is 3.63. The molecule has 0 aliphatic heterocycles. The predicted molar refractivity (Wildman–Crippen MR) is 55.7 cm³/mol. The number of nitrogens with one attached hydrogen (secondary N) is 2. The summed E-state index contributed by atoms with van der Waals surface area (Å²) >= 11 is 0. The van der Waals surface area contributed by atoms with Crippen molar-refractivity contribution >= 4 is 5.82 Å². The Morgan fingerprint density at radius 1 is 1.40 bits per heavy atom. The molecule has 0 aromatic carbocycles. The molecule has 0 radical (unpaired) electrons. The average Bonchev–Trinajstić information content (AvgIpc) is 2.17. The minimum atomic E-state index is -0.665. The number of hydrogen-bond donors (Lipinski definition) is 2. The van der Waals surface area contributed by atoms with Crippen molar-refractivity contribution < 1.29 is 8.78 Å². The highest BCUT2D eigenvalue weighted by molar-refractivity contribution is 5.35. The van der Waals surface area contributed by atoms with E-state index in [-0.39, 0.29) is 5.82 Å². The minimum Gasteiger partial charge on any atom is -0.367 e. The molecule has 0 spiro atoms. The first kappa shape index (κ1) is 11.8. The van der Waals surface area contributed by atoms with Crippen LogP contribution in [0.1, 0.15) is 6.92 Å². The second kappa shape index (κ2) is 5.60. The maximum Gasteiger partial charge on any atom is 0.168 e. The number of pyridine rings is 1. The Bertz CT molecular complexity index is 318. The average molecular weight is 215 g/mol. The van der Waals surface area contributed by atoms with Gasteiger partial charge in [-0.05, 0) is 19.5 Å². The lowest BCUT2D eigenvalue weighted by atomic mass is 10.2. The molecule has 0 aliphatic rings. The molecule has 5 heteroatoms. The lowest BCUT2D eigenvalue weighted by molar-refractivity contribution is 0.556. The molecule has 1 atom stereocenters. The summed E-state index contributed by atoms with van der Waals surface area (Å²) in [7, 11) is 1.85. The second-order valence-electron chi connectivity index (χ2n) is 3.53. The number of halogens is 2. The van der Waals surface area contributed by atoms with Crippen LogP contribution in [0.3, 0.4) is 0 Å². The van der Waals surface area contributed by atoms with E-state index in [0.717, 1.165) is 18.8 Å². The van der Waals surface area contributed by atoms with E-state index in [4.69, 9.17) is 0 Å². The lowest BCUT2D eigenvalue weighted by Crippen LogP contribution is -2.23. The van der Waals surface area contributed by atoms with Gasteiger partial charge in [0.1, 0.15) is 5.82 Å². The van der Waals surface area contributed by atoms with E-state index >= 15 is 0 Å². The molecular formula is C10H15F2N3. The Hall–Kier alpha value is -1.23. The van der Waals surface area contributed by atoms with E-state index in [1.54, 1.807) is 0 Å². The summed E-state index contributed by atoms with van der Waals surface area (Å²) in [6.07, 6.45) is 0.994. The molecule has 0 saturated carbocycles. The SMILES string of the molecule is CNCC(C)CNc1ncc(F)cc1F. The van der Waals surface area contributed by atoms with E-state index in [9.17, 15) is 8.78 Å². The standard InChI is InChI=1S/C10H15F2N3/c1-7(4-13-2)5-14-10-9(12)3-8(11)6-15-10/h3,6-7,13H,4-5H2,1-2H3,(H,14,15). The first-order valence-corrected chi connectivity index (χ1v) is 4.83. The molecule has 0 bridgehead atoms. The summed E-state index contributed by atoms with van der Waals surface area (Å²) in [5.74, 6) is -0.881. The topological polar surface area (TPSA) is 37.0 Å². The molecule has 3 nitrogen and oxygen atoms in total. The van der Waals surface area contributed by atoms with Crippen molar-refractivity contribution in [1.82, 2.24) is 10.3 Å². The van der Waals surface area contributed by atoms with Crippen LogP contribution in [-0.2, 0) is 0 Å². The van der Waals surface area contributed by atoms with E-state index in [1.807, 2.05) is 14.0 Å². The molecule has 1 aromatic rings. The van der Waals surface area contributed by atoms with Crippen LogP contribution in [0.5, 0.6) is 0 Å². The van der Waals surface area contributed by atoms with Crippen LogP contribution in [0.15, 0.2) is 12.3 Å². The van der Waals surface area contributed by atoms with Crippen LogP contribution < -0.4 is 10.6 Å². The first-order chi connectivity index (χ1) is 7.13. The highest BCUT2D eigenvalue weighted by Crippen LogP contribution is 2.11. The van der Waals surface area contributed by atoms with E-state index < -0.39 is 11.6 Å². The van der Waals surface area contributed by atoms with Crippen molar-refractivity contribution in [2.75, 3.05) is 25.5 Å². The quantitative estimate of drug-likeness (QED) is 0.783. The van der Waals surface area contributed by atoms with E-state index in [1.165, 1.54) is 0 Å². The molecule has 1 heterocycles. The van der Waals surface area contributed by atoms with E-state index in [0.29, 0.717) is 12.5 Å². The van der Waals surface area contributed by atoms with Crippen LogP contribution in [0.4, 0.5) is 14.6 Å². The van der Waals surface area contributed by atoms with Gasteiger partial charge >= 0.3 is 0 Å². The third-order valence-corrected chi connectivity index (χ3v) is 1.98. The smallest absolute Gasteiger partial charge is 0.168 e. The number of rotatable bonds is 5. The van der Waals surface area contributed by atoms with Crippen molar-refractivity contribution in [3.8, 4) is 0 Å². The second-order valence-corrected chi connectivity index (χ2v) is 3.53. The highest BCUT2D eigenvalue weighted by atomic mass is 19.1. The Balaban J connectivity index is 2.50. The third-order valence-electron chi connectivity index (χ3n) is 1.98. The van der Waals surface area contributed by atoms with Gasteiger partial charge in [0.15, 0.2) is 11.6 Å². The number of anilines is 1. The number of hydrogen-bond acceptors (Lipinski definition) is 3. The Morgan fingerprint density at radius 2 is 2.13 bits per heavy atom. The molecule has 1 unspecified atom stereocenters. The van der Waals surface area contributed by atoms with Gasteiger partial charge in [0, 0.05) is 12.6 Å². The van der Waals surface area contributed by atoms with Gasteiger partial charge in [-0.1, -0.05) is 6.92 Å². The zero-order chi connectivity index (χ0) is 11.3. The normalized spacial score (nSPS) is 12.5. The van der Waals surface area contributed by atoms with Gasteiger partial charge < -0.3 is 10.6 Å². The van der Waals surface area contributed by atoms with Crippen molar-refractivity contribution in [1.29, 1.82) is 0 Å². The van der Waals surface area contributed by atoms with Crippen LogP contribution in [0.25, 0.3) is 0 Å². The van der Waals surface area contributed by atoms with Crippen LogP contribution in [-0.4, -0.2) is 25.1 Å². The Morgan fingerprint density at radius 3 is 2.73 bits per heavy atom. The fraction of sp³-hybridized carbons (Fsp3) is 0.500. The largest absolute Gasteiger partial charge is 0.367 e. The number of aromatic nitrogens is 1. The van der Waals surface area contributed by atoms with Gasteiger partial charge in [0.05, 0.1) is 6.20 Å². The number of nitrogens with zero attached hydrogens (tertiary/aromatic N) is 1. The fourth-order valence-corrected chi connectivity index (χ4v) is 1.24. The summed E-state index contributed by atoms with van der Waals surface area (Å²) in [5.41, 5.74) is 0. The molecule has 84 valence electrons. The van der Waals surface area contributed by atoms with Crippen molar-refractivity contribution in [2.24, 2.45) is 5.92 Å². The molecule has 2 N–H and O–H groups in total. The summed E-state index contributed by atoms with van der Waals surface area (Å²) in [5, 5.41) is 5.85. The molecule has 15 heavy (non-hydrogen) atoms. The molecule has 0 aliphatic carbocycles. The Kier molecular flexibility index (Phi) is 4.42. The fourth-order valence-electron chi connectivity index (χ4n) is 1.24. The molecular weight excluding hydrogens is 200 g/mol. The van der Waals surface area contributed by atoms with Crippen molar-refractivity contribution in [3.63, 3.8) is 0 Å². The van der Waals surface area contributed by atoms with Crippen molar-refractivity contribution in [3.05, 3.63) is 23.9 Å². The summed E-state index contributed by atoms with van der Waals surface area (Å²) < 4.78 is 25.6. The van der Waals surface area contributed by atoms with Gasteiger partial charge in [-0.15, -0.1) is 0 Å². The van der Waals surface area contributed by atoms with Gasteiger partial charge in [0.2, 0.25) is 0 Å². The predicted octanol–water partition coefficient (Wildman–Crippen LogP) is 1.63. The summed E-state index contributed by atoms with van der Waals surface area (Å²) in [6.45, 7) is 3.44. The zero-order valence-electron chi connectivity index (χ0n) is 8.85. The minimum absolute atomic E-state index is 0.0966. The molecule has 1 rings (SSSR count). The molecule has 1 aromatic heterocycles. The monoisotopic (exact) mass is 215 g/mol. The maximum absolute atomic E-state index is 13.1. The molecule has 0 saturated heterocycles. The third kappa shape index (κ3) is 3.79. The summed E-state index contributed by atoms with van der Waals surface area (Å²) in [6, 6.07) is 0.818. The highest BCUT2D eigenvalue weighted by Gasteiger charge is 2.06. The lowest BCUT2D eigenvalue weighted by Gasteiger charge is -2.12. The van der Waals surface area contributed by atoms with Crippen LogP contribution in [0.2, 0.25) is 0 Å². The van der Waals surface area contributed by atoms with Crippen LogP contribution >= 0.6 is 0 Å². The van der Waals surface area contributed by atoms with Crippen LogP contribution in [0, 0.1) is 17.6 Å². The first-order valence-electron chi connectivity index (χ1n) is 4.83. The molecule has 0 amide bonds. The van der Waals surface area contributed by atoms with Gasteiger partial charge in [-0.2, -0.15) is 0 Å². The maximum atomic E-state index is 13.1. The zero-order valence-corrected chi connectivity index (χ0v) is 8.85. The van der Waals surface area contributed by atoms with Gasteiger partial charge in [-0.3, -0.25) is 0 Å².